The van der Waals surface area contributed by atoms with E-state index in [4.69, 9.17) is 17.3 Å². The highest BCUT2D eigenvalue weighted by atomic mass is 35.5. The van der Waals surface area contributed by atoms with E-state index in [1.807, 2.05) is 6.07 Å². The number of nitrogens with zero attached hydrogens (tertiary/aromatic N) is 2. The van der Waals surface area contributed by atoms with E-state index < -0.39 is 0 Å². The van der Waals surface area contributed by atoms with Crippen LogP contribution < -0.4 is 11.1 Å². The van der Waals surface area contributed by atoms with E-state index in [1.54, 1.807) is 18.6 Å². The Hall–Kier alpha value is -1.81. The maximum Gasteiger partial charge on any atom is 0.0841 e. The molecule has 0 radical (unpaired) electrons. The van der Waals surface area contributed by atoms with Crippen LogP contribution in [0.15, 0.2) is 30.7 Å². The minimum atomic E-state index is 0.518. The Kier molecular flexibility index (Phi) is 3.99. The average molecular weight is 263 g/mol. The van der Waals surface area contributed by atoms with Crippen LogP contribution in [0.4, 0.5) is 11.4 Å². The van der Waals surface area contributed by atoms with E-state index in [9.17, 15) is 0 Å². The van der Waals surface area contributed by atoms with Crippen molar-refractivity contribution in [1.82, 2.24) is 9.97 Å². The van der Waals surface area contributed by atoms with E-state index in [0.717, 1.165) is 12.1 Å². The van der Waals surface area contributed by atoms with Crippen LogP contribution in [0.1, 0.15) is 18.2 Å². The molecule has 2 aromatic heterocycles. The number of aryl methyl sites for hydroxylation is 1. The fourth-order valence-corrected chi connectivity index (χ4v) is 1.99. The Bertz CT molecular complexity index is 522. The Morgan fingerprint density at radius 1 is 1.39 bits per heavy atom. The van der Waals surface area contributed by atoms with Crippen LogP contribution in [-0.2, 0) is 13.0 Å². The first-order valence-corrected chi connectivity index (χ1v) is 6.15. The predicted octanol–water partition coefficient (Wildman–Crippen LogP) is 2.89. The molecule has 0 saturated carbocycles. The number of hydrogen-bond donors (Lipinski definition) is 2. The van der Waals surface area contributed by atoms with Gasteiger partial charge in [-0.15, -0.1) is 0 Å². The van der Waals surface area contributed by atoms with Crippen molar-refractivity contribution in [3.63, 3.8) is 0 Å². The summed E-state index contributed by atoms with van der Waals surface area (Å²) in [6.07, 6.45) is 5.88. The van der Waals surface area contributed by atoms with Gasteiger partial charge in [-0.05, 0) is 18.1 Å². The Labute approximate surface area is 111 Å². The monoisotopic (exact) mass is 262 g/mol. The molecule has 0 fully saturated rings. The second kappa shape index (κ2) is 5.69. The van der Waals surface area contributed by atoms with Crippen LogP contribution in [-0.4, -0.2) is 9.97 Å². The van der Waals surface area contributed by atoms with Crippen molar-refractivity contribution in [3.05, 3.63) is 47.0 Å². The molecule has 0 atom stereocenters. The van der Waals surface area contributed by atoms with Crippen molar-refractivity contribution in [2.45, 2.75) is 19.9 Å². The fraction of sp³-hybridized carbons (Fsp3) is 0.231. The molecule has 5 heteroatoms. The van der Waals surface area contributed by atoms with Crippen LogP contribution in [0, 0.1) is 0 Å². The van der Waals surface area contributed by atoms with E-state index in [2.05, 4.69) is 28.3 Å². The lowest BCUT2D eigenvalue weighted by Crippen LogP contribution is -2.07. The number of nitrogen functional groups attached to an aromatic ring is 1. The van der Waals surface area contributed by atoms with Crippen molar-refractivity contribution in [2.24, 2.45) is 0 Å². The fourth-order valence-electron chi connectivity index (χ4n) is 1.76. The van der Waals surface area contributed by atoms with E-state index >= 15 is 0 Å². The summed E-state index contributed by atoms with van der Waals surface area (Å²) < 4.78 is 0. The summed E-state index contributed by atoms with van der Waals surface area (Å²) in [6, 6.07) is 4.01. The first-order chi connectivity index (χ1) is 8.72. The number of pyridine rings is 2. The second-order valence-electron chi connectivity index (χ2n) is 3.90. The van der Waals surface area contributed by atoms with Gasteiger partial charge in [-0.2, -0.15) is 0 Å². The second-order valence-corrected chi connectivity index (χ2v) is 4.31. The molecule has 0 aliphatic carbocycles. The van der Waals surface area contributed by atoms with E-state index in [0.29, 0.717) is 22.9 Å². The number of halogens is 1. The summed E-state index contributed by atoms with van der Waals surface area (Å²) in [5, 5.41) is 3.73. The zero-order chi connectivity index (χ0) is 13.0. The molecule has 0 saturated heterocycles. The van der Waals surface area contributed by atoms with Gasteiger partial charge in [-0.3, -0.25) is 9.97 Å². The Balaban J connectivity index is 2.16. The highest BCUT2D eigenvalue weighted by Gasteiger charge is 2.06. The molecular weight excluding hydrogens is 248 g/mol. The van der Waals surface area contributed by atoms with Crippen molar-refractivity contribution >= 4 is 23.0 Å². The largest absolute Gasteiger partial charge is 0.396 e. The van der Waals surface area contributed by atoms with Crippen LogP contribution in [0.25, 0.3) is 0 Å². The van der Waals surface area contributed by atoms with Gasteiger partial charge >= 0.3 is 0 Å². The third-order valence-electron chi connectivity index (χ3n) is 2.73. The molecule has 4 nitrogen and oxygen atoms in total. The maximum atomic E-state index is 6.04. The summed E-state index contributed by atoms with van der Waals surface area (Å²) in [4.78, 5) is 8.28. The lowest BCUT2D eigenvalue weighted by atomic mass is 10.1. The molecule has 0 aliphatic heterocycles. The standard InChI is InChI=1S/C13H15ClN4/c1-2-9-4-3-5-17-12(9)8-18-13-10(14)6-16-7-11(13)15/h3-7H,2,8,15H2,1H3,(H,16,18). The summed E-state index contributed by atoms with van der Waals surface area (Å²) >= 11 is 6.04. The number of nitrogens with one attached hydrogen (secondary N) is 1. The number of nitrogens with two attached hydrogens (primary N) is 1. The van der Waals surface area contributed by atoms with Gasteiger partial charge in [-0.1, -0.05) is 24.6 Å². The first-order valence-electron chi connectivity index (χ1n) is 5.78. The summed E-state index contributed by atoms with van der Waals surface area (Å²) in [6.45, 7) is 2.70. The molecule has 2 heterocycles. The van der Waals surface area contributed by atoms with Crippen molar-refractivity contribution in [3.8, 4) is 0 Å². The van der Waals surface area contributed by atoms with E-state index in [1.165, 1.54) is 5.56 Å². The van der Waals surface area contributed by atoms with Gasteiger partial charge in [0.1, 0.15) is 0 Å². The van der Waals surface area contributed by atoms with Gasteiger partial charge in [-0.25, -0.2) is 0 Å². The lowest BCUT2D eigenvalue weighted by molar-refractivity contribution is 0.971. The molecule has 0 aromatic carbocycles. The quantitative estimate of drug-likeness (QED) is 0.889. The Morgan fingerprint density at radius 3 is 2.94 bits per heavy atom. The number of anilines is 2. The normalized spacial score (nSPS) is 10.3. The molecule has 18 heavy (non-hydrogen) atoms. The lowest BCUT2D eigenvalue weighted by Gasteiger charge is -2.12. The van der Waals surface area contributed by atoms with Crippen LogP contribution >= 0.6 is 11.6 Å². The first kappa shape index (κ1) is 12.6. The highest BCUT2D eigenvalue weighted by Crippen LogP contribution is 2.27. The molecule has 2 aromatic rings. The molecule has 3 N–H and O–H groups in total. The van der Waals surface area contributed by atoms with Gasteiger partial charge < -0.3 is 11.1 Å². The minimum absolute atomic E-state index is 0.518. The zero-order valence-electron chi connectivity index (χ0n) is 10.2. The summed E-state index contributed by atoms with van der Waals surface area (Å²) in [7, 11) is 0. The Morgan fingerprint density at radius 2 is 2.22 bits per heavy atom. The molecule has 0 bridgehead atoms. The molecular formula is C13H15ClN4. The van der Waals surface area contributed by atoms with Gasteiger partial charge in [0.25, 0.3) is 0 Å². The third kappa shape index (κ3) is 2.71. The smallest absolute Gasteiger partial charge is 0.0841 e. The average Bonchev–Trinajstić information content (AvgIpc) is 2.38. The predicted molar refractivity (Wildman–Crippen MR) is 74.6 cm³/mol. The van der Waals surface area contributed by atoms with E-state index in [-0.39, 0.29) is 0 Å². The van der Waals surface area contributed by atoms with Crippen molar-refractivity contribution < 1.29 is 0 Å². The summed E-state index contributed by atoms with van der Waals surface area (Å²) in [5.41, 5.74) is 9.30. The van der Waals surface area contributed by atoms with Gasteiger partial charge in [0.2, 0.25) is 0 Å². The van der Waals surface area contributed by atoms with Gasteiger partial charge in [0.05, 0.1) is 34.8 Å². The molecule has 2 rings (SSSR count). The van der Waals surface area contributed by atoms with Crippen molar-refractivity contribution in [1.29, 1.82) is 0 Å². The topological polar surface area (TPSA) is 63.8 Å². The van der Waals surface area contributed by atoms with Gasteiger partial charge in [0, 0.05) is 12.4 Å². The summed E-state index contributed by atoms with van der Waals surface area (Å²) in [5.74, 6) is 0. The molecule has 0 aliphatic rings. The number of aromatic nitrogens is 2. The van der Waals surface area contributed by atoms with Crippen molar-refractivity contribution in [2.75, 3.05) is 11.1 Å². The zero-order valence-corrected chi connectivity index (χ0v) is 10.9. The number of hydrogen-bond acceptors (Lipinski definition) is 4. The van der Waals surface area contributed by atoms with Gasteiger partial charge in [0.15, 0.2) is 0 Å². The molecule has 0 spiro atoms. The SMILES string of the molecule is CCc1cccnc1CNc1c(N)cncc1Cl. The highest BCUT2D eigenvalue weighted by molar-refractivity contribution is 6.33. The molecule has 0 amide bonds. The maximum absolute atomic E-state index is 6.04. The minimum Gasteiger partial charge on any atom is -0.396 e. The molecule has 0 unspecified atom stereocenters. The van der Waals surface area contributed by atoms with Crippen LogP contribution in [0.3, 0.4) is 0 Å². The van der Waals surface area contributed by atoms with Crippen LogP contribution in [0.5, 0.6) is 0 Å². The third-order valence-corrected chi connectivity index (χ3v) is 3.01. The molecule has 94 valence electrons. The van der Waals surface area contributed by atoms with Crippen LogP contribution in [0.2, 0.25) is 5.02 Å². The number of rotatable bonds is 4.